The molecule has 0 spiro atoms. The van der Waals surface area contributed by atoms with Crippen LogP contribution in [0.5, 0.6) is 0 Å². The number of methoxy groups -OCH3 is 1. The van der Waals surface area contributed by atoms with E-state index in [0.29, 0.717) is 41.2 Å². The Labute approximate surface area is 327 Å². The SMILES string of the molecule is C=C(CN(C)C)C(=O)N1CC(S(=O)(=O)c2ccc(N3CC(CN4CCC([C@@](CN5CCC5)(c5cccc(F)c5)[C@H]5CCC[C@@H]5CC(=O)OC)CC4)C3)cc2)C1. The number of amides is 1. The number of halogens is 1. The summed E-state index contributed by atoms with van der Waals surface area (Å²) in [6.07, 6.45) is 6.91. The fraction of sp³-hybridized carbons (Fsp3) is 0.628. The Morgan fingerprint density at radius 2 is 1.64 bits per heavy atom. The number of sulfone groups is 1. The second-order valence-corrected chi connectivity index (χ2v) is 19.5. The first-order chi connectivity index (χ1) is 26.4. The maximum atomic E-state index is 15.0. The highest BCUT2D eigenvalue weighted by atomic mass is 32.2. The lowest BCUT2D eigenvalue weighted by Crippen LogP contribution is -2.58. The lowest BCUT2D eigenvalue weighted by atomic mass is 9.56. The van der Waals surface area contributed by atoms with Crippen LogP contribution in [0.25, 0.3) is 0 Å². The molecule has 10 nitrogen and oxygen atoms in total. The van der Waals surface area contributed by atoms with E-state index < -0.39 is 15.1 Å². The minimum Gasteiger partial charge on any atom is -0.469 e. The van der Waals surface area contributed by atoms with E-state index in [9.17, 15) is 18.0 Å². The van der Waals surface area contributed by atoms with Gasteiger partial charge >= 0.3 is 5.97 Å². The average Bonchev–Trinajstić information content (AvgIpc) is 3.57. The highest BCUT2D eigenvalue weighted by Gasteiger charge is 2.53. The quantitative estimate of drug-likeness (QED) is 0.189. The Hall–Kier alpha value is -3.32. The number of ether oxygens (including phenoxy) is 1. The number of anilines is 1. The van der Waals surface area contributed by atoms with Gasteiger partial charge in [0, 0.05) is 74.8 Å². The second kappa shape index (κ2) is 16.6. The van der Waals surface area contributed by atoms with Gasteiger partial charge in [0.15, 0.2) is 9.84 Å². The van der Waals surface area contributed by atoms with E-state index in [1.807, 2.05) is 37.2 Å². The zero-order valence-corrected chi connectivity index (χ0v) is 33.8. The van der Waals surface area contributed by atoms with Gasteiger partial charge in [0.1, 0.15) is 11.1 Å². The lowest BCUT2D eigenvalue weighted by Gasteiger charge is -2.54. The van der Waals surface area contributed by atoms with Gasteiger partial charge in [-0.25, -0.2) is 12.8 Å². The number of piperidine rings is 1. The van der Waals surface area contributed by atoms with Crippen molar-refractivity contribution in [2.75, 3.05) is 98.1 Å². The maximum Gasteiger partial charge on any atom is 0.305 e. The number of carbonyl (C=O) groups is 2. The molecule has 2 aromatic rings. The summed E-state index contributed by atoms with van der Waals surface area (Å²) >= 11 is 0. The molecule has 0 unspecified atom stereocenters. The summed E-state index contributed by atoms with van der Waals surface area (Å²) in [5.74, 6) is 0.971. The summed E-state index contributed by atoms with van der Waals surface area (Å²) in [5, 5.41) is -0.596. The van der Waals surface area contributed by atoms with Gasteiger partial charge in [0.05, 0.1) is 12.0 Å². The molecule has 300 valence electrons. The Bertz CT molecular complexity index is 1800. The van der Waals surface area contributed by atoms with E-state index in [1.54, 1.807) is 29.2 Å². The monoisotopic (exact) mass is 777 g/mol. The number of hydrogen-bond donors (Lipinski definition) is 0. The first-order valence-corrected chi connectivity index (χ1v) is 21.9. The van der Waals surface area contributed by atoms with Crippen molar-refractivity contribution in [3.63, 3.8) is 0 Å². The molecule has 0 bridgehead atoms. The fourth-order valence-electron chi connectivity index (χ4n) is 10.4. The molecule has 55 heavy (non-hydrogen) atoms. The fourth-order valence-corrected chi connectivity index (χ4v) is 12.1. The van der Waals surface area contributed by atoms with Crippen LogP contribution in [0.3, 0.4) is 0 Å². The van der Waals surface area contributed by atoms with Crippen LogP contribution in [0, 0.1) is 29.5 Å². The van der Waals surface area contributed by atoms with Gasteiger partial charge in [0.2, 0.25) is 0 Å². The van der Waals surface area contributed by atoms with Crippen molar-refractivity contribution in [2.24, 2.45) is 23.7 Å². The smallest absolute Gasteiger partial charge is 0.305 e. The maximum absolute atomic E-state index is 15.0. The molecule has 12 heteroatoms. The Kier molecular flexibility index (Phi) is 12.1. The zero-order chi connectivity index (χ0) is 38.9. The molecule has 5 fully saturated rings. The minimum atomic E-state index is -3.54. The molecule has 1 saturated carbocycles. The van der Waals surface area contributed by atoms with E-state index in [1.165, 1.54) is 13.5 Å². The van der Waals surface area contributed by atoms with E-state index in [4.69, 9.17) is 4.74 Å². The molecular weight excluding hydrogens is 718 g/mol. The predicted octanol–water partition coefficient (Wildman–Crippen LogP) is 4.70. The molecule has 1 aliphatic carbocycles. The van der Waals surface area contributed by atoms with E-state index in [-0.39, 0.29) is 42.1 Å². The zero-order valence-electron chi connectivity index (χ0n) is 33.0. The Morgan fingerprint density at radius 3 is 2.25 bits per heavy atom. The molecule has 7 rings (SSSR count). The first kappa shape index (κ1) is 39.9. The number of hydrogen-bond acceptors (Lipinski definition) is 9. The number of benzene rings is 2. The summed E-state index contributed by atoms with van der Waals surface area (Å²) in [6.45, 7) is 12.7. The summed E-state index contributed by atoms with van der Waals surface area (Å²) in [6, 6.07) is 14.6. The van der Waals surface area contributed by atoms with Gasteiger partial charge in [0.25, 0.3) is 5.91 Å². The van der Waals surface area contributed by atoms with Crippen LogP contribution in [0.2, 0.25) is 0 Å². The standard InChI is InChI=1S/C43H60FN5O5S/c1-31(24-45(2)3)42(51)49-28-39(29-49)55(52,53)38-14-12-37(13-15-38)48-26-32(27-48)25-46-20-16-34(17-21-46)43(30-47-18-7-19-47,35-9-6-10-36(44)23-35)40-11-5-8-33(40)22-41(50)54-4/h6,9-10,12-15,23,32-34,39-40H,1,5,7-8,11,16-22,24-30H2,2-4H3/t33-,40+,43+/m1/s1. The van der Waals surface area contributed by atoms with Gasteiger partial charge in [-0.1, -0.05) is 25.1 Å². The van der Waals surface area contributed by atoms with Crippen molar-refractivity contribution in [3.05, 3.63) is 72.1 Å². The van der Waals surface area contributed by atoms with E-state index in [0.717, 1.165) is 95.7 Å². The molecular formula is C43H60FN5O5S. The Balaban J connectivity index is 0.949. The van der Waals surface area contributed by atoms with Gasteiger partial charge in [-0.05, 0) is 132 Å². The summed E-state index contributed by atoms with van der Waals surface area (Å²) in [7, 11) is 1.69. The molecule has 2 aromatic carbocycles. The van der Waals surface area contributed by atoms with Crippen molar-refractivity contribution in [3.8, 4) is 0 Å². The molecule has 3 atom stereocenters. The molecule has 4 aliphatic heterocycles. The third kappa shape index (κ3) is 8.38. The third-order valence-electron chi connectivity index (χ3n) is 13.5. The van der Waals surface area contributed by atoms with Gasteiger partial charge < -0.3 is 29.2 Å². The molecule has 4 saturated heterocycles. The second-order valence-electron chi connectivity index (χ2n) is 17.3. The van der Waals surface area contributed by atoms with Crippen LogP contribution in [0.1, 0.15) is 50.5 Å². The largest absolute Gasteiger partial charge is 0.469 e. The highest BCUT2D eigenvalue weighted by molar-refractivity contribution is 7.92. The van der Waals surface area contributed by atoms with Crippen LogP contribution < -0.4 is 4.90 Å². The summed E-state index contributed by atoms with van der Waals surface area (Å²) < 4.78 is 46.9. The van der Waals surface area contributed by atoms with Gasteiger partial charge in [-0.3, -0.25) is 9.59 Å². The van der Waals surface area contributed by atoms with Crippen LogP contribution in [-0.2, 0) is 29.6 Å². The van der Waals surface area contributed by atoms with Crippen LogP contribution in [0.4, 0.5) is 10.1 Å². The number of esters is 1. The van der Waals surface area contributed by atoms with E-state index >= 15 is 4.39 Å². The first-order valence-electron chi connectivity index (χ1n) is 20.4. The molecule has 1 amide bonds. The summed E-state index contributed by atoms with van der Waals surface area (Å²) in [4.78, 5) is 36.5. The van der Waals surface area contributed by atoms with Crippen molar-refractivity contribution in [2.45, 2.75) is 60.5 Å². The minimum absolute atomic E-state index is 0.142. The number of likely N-dealkylation sites (tertiary alicyclic amines) is 3. The topological polar surface area (TPSA) is 93.7 Å². The third-order valence-corrected chi connectivity index (χ3v) is 15.6. The average molecular weight is 778 g/mol. The van der Waals surface area contributed by atoms with Crippen molar-refractivity contribution < 1.29 is 27.1 Å². The summed E-state index contributed by atoms with van der Waals surface area (Å²) in [5.41, 5.74) is 2.39. The normalized spacial score (nSPS) is 24.2. The van der Waals surface area contributed by atoms with Crippen molar-refractivity contribution >= 4 is 27.4 Å². The molecule has 0 aromatic heterocycles. The van der Waals surface area contributed by atoms with E-state index in [2.05, 4.69) is 27.3 Å². The number of likely N-dealkylation sites (N-methyl/N-ethyl adjacent to an activating group) is 1. The van der Waals surface area contributed by atoms with Gasteiger partial charge in [-0.15, -0.1) is 0 Å². The number of carbonyl (C=O) groups excluding carboxylic acids is 2. The van der Waals surface area contributed by atoms with Crippen molar-refractivity contribution in [1.82, 2.24) is 19.6 Å². The highest BCUT2D eigenvalue weighted by Crippen LogP contribution is 2.54. The Morgan fingerprint density at radius 1 is 0.927 bits per heavy atom. The molecule has 0 N–H and O–H groups in total. The van der Waals surface area contributed by atoms with Crippen LogP contribution in [0.15, 0.2) is 65.6 Å². The van der Waals surface area contributed by atoms with Crippen LogP contribution in [-0.4, -0.2) is 138 Å². The van der Waals surface area contributed by atoms with Crippen LogP contribution >= 0.6 is 0 Å². The van der Waals surface area contributed by atoms with Crippen molar-refractivity contribution in [1.29, 1.82) is 0 Å². The number of nitrogens with zero attached hydrogens (tertiary/aromatic N) is 5. The number of rotatable bonds is 15. The molecule has 5 aliphatic rings. The predicted molar refractivity (Wildman–Crippen MR) is 213 cm³/mol. The molecule has 4 heterocycles. The van der Waals surface area contributed by atoms with Gasteiger partial charge in [-0.2, -0.15) is 0 Å². The lowest BCUT2D eigenvalue weighted by molar-refractivity contribution is -0.142. The molecule has 0 radical (unpaired) electrons.